The van der Waals surface area contributed by atoms with Crippen molar-refractivity contribution in [3.05, 3.63) is 57.5 Å². The van der Waals surface area contributed by atoms with Crippen LogP contribution in [0.4, 0.5) is 11.4 Å². The zero-order valence-corrected chi connectivity index (χ0v) is 19.0. The second kappa shape index (κ2) is 8.42. The van der Waals surface area contributed by atoms with Gasteiger partial charge in [-0.15, -0.1) is 11.3 Å². The molecule has 4 heterocycles. The highest BCUT2D eigenvalue weighted by atomic mass is 35.5. The molecule has 4 aromatic rings. The van der Waals surface area contributed by atoms with E-state index in [2.05, 4.69) is 15.7 Å². The number of halogens is 1. The molecule has 0 aliphatic carbocycles. The maximum absolute atomic E-state index is 12.4. The number of thiophene rings is 1. The van der Waals surface area contributed by atoms with Gasteiger partial charge in [-0.05, 0) is 31.2 Å². The van der Waals surface area contributed by atoms with Gasteiger partial charge in [0.05, 0.1) is 60.2 Å². The van der Waals surface area contributed by atoms with E-state index in [1.165, 1.54) is 11.3 Å². The van der Waals surface area contributed by atoms with Gasteiger partial charge in [-0.2, -0.15) is 5.10 Å². The summed E-state index contributed by atoms with van der Waals surface area (Å²) in [5.41, 5.74) is 3.84. The second-order valence-corrected chi connectivity index (χ2v) is 8.70. The molecule has 1 fully saturated rings. The lowest BCUT2D eigenvalue weighted by molar-refractivity contribution is -0.00338. The molecule has 5 rings (SSSR count). The monoisotopic (exact) mass is 469 g/mol. The van der Waals surface area contributed by atoms with Gasteiger partial charge in [-0.25, -0.2) is 9.67 Å². The molecule has 0 bridgehead atoms. The fourth-order valence-corrected chi connectivity index (χ4v) is 4.43. The number of methoxy groups -OCH3 is 1. The van der Waals surface area contributed by atoms with Crippen molar-refractivity contribution < 1.29 is 14.3 Å². The zero-order valence-electron chi connectivity index (χ0n) is 17.4. The Morgan fingerprint density at radius 3 is 2.91 bits per heavy atom. The molecule has 1 saturated heterocycles. The number of anilines is 2. The van der Waals surface area contributed by atoms with Crippen LogP contribution in [0.5, 0.6) is 5.75 Å². The lowest BCUT2D eigenvalue weighted by atomic mass is 10.2. The maximum atomic E-state index is 12.4. The molecule has 164 valence electrons. The summed E-state index contributed by atoms with van der Waals surface area (Å²) in [4.78, 5) is 17.8. The van der Waals surface area contributed by atoms with Gasteiger partial charge < -0.3 is 20.1 Å². The number of rotatable bonds is 6. The minimum absolute atomic E-state index is 0.0897. The SMILES string of the molecule is COc1cccc(Nc2cc3cnn(-c4csc(C(=O)NC5COC5)c4)c3nc2C)c1Cl. The number of nitrogens with one attached hydrogen (secondary N) is 2. The molecule has 1 aliphatic heterocycles. The van der Waals surface area contributed by atoms with Gasteiger partial charge in [-0.1, -0.05) is 17.7 Å². The van der Waals surface area contributed by atoms with E-state index in [9.17, 15) is 4.79 Å². The molecule has 10 heteroatoms. The number of carbonyl (C=O) groups excluding carboxylic acids is 1. The van der Waals surface area contributed by atoms with E-state index in [-0.39, 0.29) is 11.9 Å². The number of hydrogen-bond acceptors (Lipinski definition) is 7. The lowest BCUT2D eigenvalue weighted by Gasteiger charge is -2.26. The van der Waals surface area contributed by atoms with Crippen LogP contribution < -0.4 is 15.4 Å². The van der Waals surface area contributed by atoms with E-state index >= 15 is 0 Å². The van der Waals surface area contributed by atoms with Crippen molar-refractivity contribution in [2.45, 2.75) is 13.0 Å². The van der Waals surface area contributed by atoms with Crippen molar-refractivity contribution in [1.29, 1.82) is 0 Å². The molecule has 0 spiro atoms. The van der Waals surface area contributed by atoms with Gasteiger partial charge in [0.25, 0.3) is 5.91 Å². The Morgan fingerprint density at radius 2 is 2.16 bits per heavy atom. The van der Waals surface area contributed by atoms with Gasteiger partial charge in [-0.3, -0.25) is 4.79 Å². The number of carbonyl (C=O) groups is 1. The predicted molar refractivity (Wildman–Crippen MR) is 125 cm³/mol. The summed E-state index contributed by atoms with van der Waals surface area (Å²) in [6, 6.07) is 9.45. The average molecular weight is 470 g/mol. The third-order valence-corrected chi connectivity index (χ3v) is 6.52. The van der Waals surface area contributed by atoms with Crippen molar-refractivity contribution in [3.8, 4) is 11.4 Å². The third kappa shape index (κ3) is 3.79. The number of fused-ring (bicyclic) bond motifs is 1. The van der Waals surface area contributed by atoms with Crippen LogP contribution in [0.15, 0.2) is 41.9 Å². The fourth-order valence-electron chi connectivity index (χ4n) is 3.40. The Morgan fingerprint density at radius 1 is 1.31 bits per heavy atom. The van der Waals surface area contributed by atoms with Crippen LogP contribution in [0, 0.1) is 6.92 Å². The van der Waals surface area contributed by atoms with Crippen molar-refractivity contribution in [1.82, 2.24) is 20.1 Å². The highest BCUT2D eigenvalue weighted by Crippen LogP contribution is 2.35. The van der Waals surface area contributed by atoms with E-state index in [1.54, 1.807) is 24.1 Å². The molecule has 0 unspecified atom stereocenters. The Bertz CT molecular complexity index is 1310. The van der Waals surface area contributed by atoms with Crippen molar-refractivity contribution in [2.24, 2.45) is 0 Å². The fraction of sp³-hybridized carbons (Fsp3) is 0.227. The summed E-state index contributed by atoms with van der Waals surface area (Å²) in [7, 11) is 1.58. The van der Waals surface area contributed by atoms with Crippen molar-refractivity contribution in [2.75, 3.05) is 25.6 Å². The lowest BCUT2D eigenvalue weighted by Crippen LogP contribution is -2.48. The van der Waals surface area contributed by atoms with Gasteiger partial charge in [0.15, 0.2) is 5.65 Å². The van der Waals surface area contributed by atoms with Gasteiger partial charge in [0.1, 0.15) is 10.8 Å². The number of ether oxygens (including phenoxy) is 2. The Kier molecular flexibility index (Phi) is 5.46. The molecule has 32 heavy (non-hydrogen) atoms. The summed E-state index contributed by atoms with van der Waals surface area (Å²) < 4.78 is 12.1. The quantitative estimate of drug-likeness (QED) is 0.437. The predicted octanol–water partition coefficient (Wildman–Crippen LogP) is 4.32. The molecule has 0 atom stereocenters. The van der Waals surface area contributed by atoms with Gasteiger partial charge >= 0.3 is 0 Å². The second-order valence-electron chi connectivity index (χ2n) is 7.41. The van der Waals surface area contributed by atoms with Crippen LogP contribution in [0.1, 0.15) is 15.4 Å². The summed E-state index contributed by atoms with van der Waals surface area (Å²) in [6.45, 7) is 3.04. The summed E-state index contributed by atoms with van der Waals surface area (Å²) in [5, 5.41) is 14.0. The van der Waals surface area contributed by atoms with Crippen LogP contribution in [-0.4, -0.2) is 47.0 Å². The molecule has 1 aliphatic rings. The number of benzene rings is 1. The van der Waals surface area contributed by atoms with Crippen LogP contribution in [-0.2, 0) is 4.74 Å². The first kappa shape index (κ1) is 20.7. The van der Waals surface area contributed by atoms with E-state index in [0.717, 1.165) is 28.1 Å². The van der Waals surface area contributed by atoms with E-state index in [0.29, 0.717) is 34.5 Å². The minimum Gasteiger partial charge on any atom is -0.495 e. The third-order valence-electron chi connectivity index (χ3n) is 5.21. The van der Waals surface area contributed by atoms with E-state index in [4.69, 9.17) is 26.1 Å². The summed E-state index contributed by atoms with van der Waals surface area (Å²) in [5.74, 6) is 0.495. The maximum Gasteiger partial charge on any atom is 0.261 e. The highest BCUT2D eigenvalue weighted by molar-refractivity contribution is 7.12. The molecule has 0 saturated carbocycles. The van der Waals surface area contributed by atoms with Crippen LogP contribution >= 0.6 is 22.9 Å². The van der Waals surface area contributed by atoms with E-state index < -0.39 is 0 Å². The topological polar surface area (TPSA) is 90.3 Å². The van der Waals surface area contributed by atoms with Gasteiger partial charge in [0.2, 0.25) is 0 Å². The Balaban J connectivity index is 1.42. The first-order valence-corrected chi connectivity index (χ1v) is 11.2. The van der Waals surface area contributed by atoms with Crippen LogP contribution in [0.2, 0.25) is 5.02 Å². The number of nitrogens with zero attached hydrogens (tertiary/aromatic N) is 3. The summed E-state index contributed by atoms with van der Waals surface area (Å²) >= 11 is 7.80. The van der Waals surface area contributed by atoms with Crippen molar-refractivity contribution >= 4 is 51.3 Å². The molecular weight excluding hydrogens is 450 g/mol. The summed E-state index contributed by atoms with van der Waals surface area (Å²) in [6.07, 6.45) is 1.75. The molecule has 1 amide bonds. The molecule has 2 N–H and O–H groups in total. The molecular formula is C22H20ClN5O3S. The molecule has 8 nitrogen and oxygen atoms in total. The number of aryl methyl sites for hydroxylation is 1. The largest absolute Gasteiger partial charge is 0.495 e. The zero-order chi connectivity index (χ0) is 22.2. The number of pyridine rings is 1. The van der Waals surface area contributed by atoms with Crippen LogP contribution in [0.3, 0.4) is 0 Å². The molecule has 0 radical (unpaired) electrons. The van der Waals surface area contributed by atoms with E-state index in [1.807, 2.05) is 36.6 Å². The van der Waals surface area contributed by atoms with Crippen molar-refractivity contribution in [3.63, 3.8) is 0 Å². The number of aromatic nitrogens is 3. The average Bonchev–Trinajstić information content (AvgIpc) is 3.39. The first-order chi connectivity index (χ1) is 15.5. The Hall–Kier alpha value is -3.14. The molecule has 1 aromatic carbocycles. The molecule has 3 aromatic heterocycles. The van der Waals surface area contributed by atoms with Crippen LogP contribution in [0.25, 0.3) is 16.7 Å². The first-order valence-electron chi connectivity index (χ1n) is 9.96. The minimum atomic E-state index is -0.100. The smallest absolute Gasteiger partial charge is 0.261 e. The normalized spacial score (nSPS) is 13.7. The standard InChI is InChI=1S/C22H20ClN5O3S/c1-12-17(27-16-4-3-5-18(30-2)20(16)23)6-13-8-24-28(21(13)25-12)15-7-19(32-11-15)22(29)26-14-9-31-10-14/h3-8,11,14,27H,9-10H2,1-2H3,(H,26,29). The Labute approximate surface area is 193 Å². The number of amides is 1. The number of hydrogen-bond donors (Lipinski definition) is 2. The highest BCUT2D eigenvalue weighted by Gasteiger charge is 2.22. The van der Waals surface area contributed by atoms with Gasteiger partial charge in [0, 0.05) is 10.8 Å².